The van der Waals surface area contributed by atoms with Gasteiger partial charge in [-0.3, -0.25) is 4.79 Å². The van der Waals surface area contributed by atoms with Crippen LogP contribution in [0.2, 0.25) is 0 Å². The summed E-state index contributed by atoms with van der Waals surface area (Å²) in [6.45, 7) is 5.35. The lowest BCUT2D eigenvalue weighted by atomic mass is 9.50. The number of nitrogens with zero attached hydrogens (tertiary/aromatic N) is 3. The van der Waals surface area contributed by atoms with Gasteiger partial charge in [-0.15, -0.1) is 0 Å². The Balaban J connectivity index is 1.36. The number of aryl methyl sites for hydroxylation is 2. The van der Waals surface area contributed by atoms with Crippen LogP contribution in [0.5, 0.6) is 5.88 Å². The molecule has 9 nitrogen and oxygen atoms in total. The molecule has 1 aliphatic heterocycles. The number of anilines is 1. The van der Waals surface area contributed by atoms with Crippen molar-refractivity contribution in [1.82, 2.24) is 14.9 Å². The van der Waals surface area contributed by atoms with E-state index in [1.54, 1.807) is 6.92 Å². The fraction of sp³-hybridized carbons (Fsp3) is 0.514. The van der Waals surface area contributed by atoms with E-state index < -0.39 is 33.6 Å². The molecule has 1 spiro atoms. The van der Waals surface area contributed by atoms with Crippen molar-refractivity contribution in [2.45, 2.75) is 88.9 Å². The average Bonchev–Trinajstić information content (AvgIpc) is 3.78. The zero-order valence-electron chi connectivity index (χ0n) is 27.1. The van der Waals surface area contributed by atoms with Gasteiger partial charge in [0, 0.05) is 29.3 Å². The second-order valence-corrected chi connectivity index (χ2v) is 16.1. The number of hydrogen-bond acceptors (Lipinski definition) is 7. The van der Waals surface area contributed by atoms with Crippen LogP contribution >= 0.6 is 0 Å². The Morgan fingerprint density at radius 3 is 2.31 bits per heavy atom. The van der Waals surface area contributed by atoms with E-state index >= 15 is 0 Å². The van der Waals surface area contributed by atoms with Crippen LogP contribution in [0.25, 0.3) is 11.3 Å². The first-order valence-electron chi connectivity index (χ1n) is 16.4. The van der Waals surface area contributed by atoms with E-state index in [9.17, 15) is 31.5 Å². The van der Waals surface area contributed by atoms with Crippen LogP contribution in [0.4, 0.5) is 19.1 Å². The lowest BCUT2D eigenvalue weighted by Crippen LogP contribution is -2.61. The number of hydrogen-bond donors (Lipinski definition) is 2. The van der Waals surface area contributed by atoms with Gasteiger partial charge in [-0.05, 0) is 106 Å². The summed E-state index contributed by atoms with van der Waals surface area (Å²) in [7, 11) is -4.29. The molecular weight excluding hydrogens is 645 g/mol. The molecule has 0 unspecified atom stereocenters. The second kappa shape index (κ2) is 11.4. The Hall–Kier alpha value is -3.71. The Morgan fingerprint density at radius 1 is 1.02 bits per heavy atom. The number of carbonyl (C=O) groups is 1. The summed E-state index contributed by atoms with van der Waals surface area (Å²) >= 11 is 0. The van der Waals surface area contributed by atoms with Gasteiger partial charge in [-0.2, -0.15) is 18.2 Å². The number of fused-ring (bicyclic) bond motifs is 4. The van der Waals surface area contributed by atoms with E-state index in [1.165, 1.54) is 29.2 Å². The van der Waals surface area contributed by atoms with Crippen molar-refractivity contribution >= 4 is 21.9 Å². The predicted molar refractivity (Wildman–Crippen MR) is 172 cm³/mol. The molecule has 256 valence electrons. The number of aliphatic hydroxyl groups is 1. The third kappa shape index (κ3) is 5.62. The molecule has 13 heteroatoms. The van der Waals surface area contributed by atoms with Crippen molar-refractivity contribution < 1.29 is 36.2 Å². The first-order valence-corrected chi connectivity index (χ1v) is 17.8. The molecule has 3 saturated carbocycles. The van der Waals surface area contributed by atoms with Crippen LogP contribution in [0, 0.1) is 37.5 Å². The molecule has 0 saturated heterocycles. The van der Waals surface area contributed by atoms with Gasteiger partial charge in [-0.1, -0.05) is 24.3 Å². The summed E-state index contributed by atoms with van der Waals surface area (Å²) in [5.74, 6) is -0.584. The molecule has 3 fully saturated rings. The fourth-order valence-electron chi connectivity index (χ4n) is 8.25. The number of benzene rings is 2. The van der Waals surface area contributed by atoms with Gasteiger partial charge in [0.15, 0.2) is 0 Å². The number of rotatable bonds is 5. The maximum Gasteiger partial charge on any atom is 0.394 e. The standard InChI is InChI=1S/C35H39F3N4O5S/c1-20-6-4-7-21(2)28(20)29-22(3)30-40-32(39-29)41-48(45,46)27-9-5-8-24(12-27)31(44)42(25-15-33(16-25)13-23(14-33)18-43)26(19-47-30)17-34(10-11-34)35(36,37)38/h4-9,12,23,25-26,43H,10-11,13-19H2,1-3H3,(H,39,40,41)/t23?,25?,26-,33?/m1/s1. The number of alkyl halides is 3. The highest BCUT2D eigenvalue weighted by Gasteiger charge is 2.65. The van der Waals surface area contributed by atoms with Gasteiger partial charge in [0.25, 0.3) is 15.9 Å². The molecule has 48 heavy (non-hydrogen) atoms. The molecule has 1 amide bonds. The van der Waals surface area contributed by atoms with Gasteiger partial charge in [0.05, 0.1) is 22.0 Å². The van der Waals surface area contributed by atoms with Crippen molar-refractivity contribution in [3.8, 4) is 17.1 Å². The Bertz CT molecular complexity index is 1860. The number of sulfonamides is 1. The quantitative estimate of drug-likeness (QED) is 0.321. The highest BCUT2D eigenvalue weighted by molar-refractivity contribution is 7.92. The third-order valence-electron chi connectivity index (χ3n) is 11.0. The average molecular weight is 685 g/mol. The van der Waals surface area contributed by atoms with Crippen LogP contribution in [0.3, 0.4) is 0 Å². The van der Waals surface area contributed by atoms with Gasteiger partial charge in [0.2, 0.25) is 11.8 Å². The van der Waals surface area contributed by atoms with Crippen LogP contribution < -0.4 is 9.46 Å². The summed E-state index contributed by atoms with van der Waals surface area (Å²) < 4.78 is 79.6. The minimum Gasteiger partial charge on any atom is -0.475 e. The minimum absolute atomic E-state index is 0.0235. The maximum absolute atomic E-state index is 14.5. The molecule has 1 aromatic heterocycles. The van der Waals surface area contributed by atoms with Gasteiger partial charge in [-0.25, -0.2) is 18.1 Å². The maximum atomic E-state index is 14.5. The minimum atomic E-state index is -4.46. The number of carbonyl (C=O) groups excluding carboxylic acids is 1. The lowest BCUT2D eigenvalue weighted by Gasteiger charge is -2.60. The molecule has 2 heterocycles. The molecule has 1 atom stereocenters. The predicted octanol–water partition coefficient (Wildman–Crippen LogP) is 6.36. The number of ether oxygens (including phenoxy) is 1. The molecule has 4 bridgehead atoms. The topological polar surface area (TPSA) is 122 Å². The van der Waals surface area contributed by atoms with E-state index in [0.29, 0.717) is 24.1 Å². The zero-order valence-corrected chi connectivity index (χ0v) is 27.9. The smallest absolute Gasteiger partial charge is 0.394 e. The van der Waals surface area contributed by atoms with Crippen molar-refractivity contribution in [1.29, 1.82) is 0 Å². The van der Waals surface area contributed by atoms with Gasteiger partial charge < -0.3 is 14.7 Å². The van der Waals surface area contributed by atoms with Crippen LogP contribution in [0.15, 0.2) is 47.4 Å². The summed E-state index contributed by atoms with van der Waals surface area (Å²) in [5, 5.41) is 9.62. The van der Waals surface area contributed by atoms with E-state index in [0.717, 1.165) is 29.5 Å². The fourth-order valence-corrected chi connectivity index (χ4v) is 9.24. The van der Waals surface area contributed by atoms with E-state index in [1.807, 2.05) is 32.0 Å². The first kappa shape index (κ1) is 32.8. The summed E-state index contributed by atoms with van der Waals surface area (Å²) in [4.78, 5) is 24.8. The molecule has 7 rings (SSSR count). The monoisotopic (exact) mass is 684 g/mol. The number of halogens is 3. The highest BCUT2D eigenvalue weighted by atomic mass is 32.2. The molecule has 2 N–H and O–H groups in total. The van der Waals surface area contributed by atoms with Crippen molar-refractivity contribution in [3.63, 3.8) is 0 Å². The van der Waals surface area contributed by atoms with E-state index in [2.05, 4.69) is 14.7 Å². The van der Waals surface area contributed by atoms with Gasteiger partial charge in [0.1, 0.15) is 6.61 Å². The Morgan fingerprint density at radius 2 is 1.69 bits per heavy atom. The molecule has 4 aliphatic rings. The van der Waals surface area contributed by atoms with Crippen molar-refractivity contribution in [3.05, 3.63) is 64.7 Å². The lowest BCUT2D eigenvalue weighted by molar-refractivity contribution is -0.194. The molecule has 3 aliphatic carbocycles. The summed E-state index contributed by atoms with van der Waals surface area (Å²) in [6, 6.07) is 9.91. The van der Waals surface area contributed by atoms with Crippen LogP contribution in [0.1, 0.15) is 72.0 Å². The first-order chi connectivity index (χ1) is 22.6. The van der Waals surface area contributed by atoms with Crippen molar-refractivity contribution in [2.24, 2.45) is 16.7 Å². The number of amides is 1. The van der Waals surface area contributed by atoms with E-state index in [-0.39, 0.29) is 72.1 Å². The van der Waals surface area contributed by atoms with Gasteiger partial charge >= 0.3 is 6.18 Å². The number of nitrogens with one attached hydrogen (secondary N) is 1. The number of aromatic nitrogens is 2. The third-order valence-corrected chi connectivity index (χ3v) is 12.3. The summed E-state index contributed by atoms with van der Waals surface area (Å²) in [6.07, 6.45) is -2.08. The Labute approximate surface area is 278 Å². The molecule has 0 radical (unpaired) electrons. The molecule has 3 aromatic rings. The molecule has 2 aromatic carbocycles. The van der Waals surface area contributed by atoms with Crippen molar-refractivity contribution in [2.75, 3.05) is 17.9 Å². The largest absolute Gasteiger partial charge is 0.475 e. The Kier molecular flexibility index (Phi) is 7.82. The molecular formula is C35H39F3N4O5S. The van der Waals surface area contributed by atoms with Crippen LogP contribution in [-0.2, 0) is 10.0 Å². The summed E-state index contributed by atoms with van der Waals surface area (Å²) in [5.41, 5.74) is 1.52. The zero-order chi connectivity index (χ0) is 34.2. The number of aliphatic hydroxyl groups excluding tert-OH is 1. The highest BCUT2D eigenvalue weighted by Crippen LogP contribution is 2.63. The SMILES string of the molecule is Cc1cccc(C)c1-c1nc2nc(c1C)OC[C@@H](CC1(C(F)(F)F)CC1)N(C1CC3(CC(CO)C3)C1)C(=O)c1cccc(c1)S(=O)(=O)N2. The second-order valence-electron chi connectivity index (χ2n) is 14.4. The normalized spacial score (nSPS) is 27.4. The van der Waals surface area contributed by atoms with Crippen LogP contribution in [-0.4, -0.2) is 65.8 Å². The van der Waals surface area contributed by atoms with E-state index in [4.69, 9.17) is 4.74 Å².